The zero-order chi connectivity index (χ0) is 16.6. The normalized spacial score (nSPS) is 26.6. The first-order valence-corrected chi connectivity index (χ1v) is 10.4. The van der Waals surface area contributed by atoms with Gasteiger partial charge in [-0.3, -0.25) is 4.79 Å². The molecule has 1 aromatic heterocycles. The molecule has 0 aromatic carbocycles. The molecule has 0 bridgehead atoms. The quantitative estimate of drug-likeness (QED) is 0.777. The largest absolute Gasteiger partial charge is 0.375 e. The lowest BCUT2D eigenvalue weighted by Crippen LogP contribution is -2.53. The third-order valence-electron chi connectivity index (χ3n) is 4.47. The number of fused-ring (bicyclic) bond motifs is 1. The molecule has 2 aliphatic rings. The summed E-state index contributed by atoms with van der Waals surface area (Å²) in [5.41, 5.74) is 2.42. The lowest BCUT2D eigenvalue weighted by Gasteiger charge is -2.38. The van der Waals surface area contributed by atoms with Crippen molar-refractivity contribution in [1.29, 1.82) is 0 Å². The van der Waals surface area contributed by atoms with E-state index in [1.807, 2.05) is 6.92 Å². The van der Waals surface area contributed by atoms with E-state index in [-0.39, 0.29) is 18.1 Å². The molecule has 2 fully saturated rings. The van der Waals surface area contributed by atoms with Crippen molar-refractivity contribution in [1.82, 2.24) is 14.2 Å². The first-order valence-electron chi connectivity index (χ1n) is 7.65. The van der Waals surface area contributed by atoms with Gasteiger partial charge in [-0.25, -0.2) is 13.4 Å². The highest BCUT2D eigenvalue weighted by atomic mass is 32.2. The van der Waals surface area contributed by atoms with Crippen LogP contribution in [0.25, 0.3) is 0 Å². The Morgan fingerprint density at radius 1 is 1.35 bits per heavy atom. The predicted octanol–water partition coefficient (Wildman–Crippen LogP) is 0.717. The Bertz CT molecular complexity index is 688. The van der Waals surface area contributed by atoms with E-state index in [1.54, 1.807) is 10.4 Å². The molecule has 3 heterocycles. The Morgan fingerprint density at radius 2 is 2.09 bits per heavy atom. The Hall–Kier alpha value is -1.03. The highest BCUT2D eigenvalue weighted by molar-refractivity contribution is 7.88. The number of hydrogen-bond acceptors (Lipinski definition) is 6. The number of likely N-dealkylation sites (tertiary alicyclic amines) is 1. The molecule has 0 aliphatic carbocycles. The Morgan fingerprint density at radius 3 is 2.74 bits per heavy atom. The molecule has 7 nitrogen and oxygen atoms in total. The van der Waals surface area contributed by atoms with E-state index in [0.29, 0.717) is 44.0 Å². The highest BCUT2D eigenvalue weighted by Gasteiger charge is 2.39. The van der Waals surface area contributed by atoms with E-state index >= 15 is 0 Å². The summed E-state index contributed by atoms with van der Waals surface area (Å²) in [6.07, 6.45) is 2.35. The Balaban J connectivity index is 1.76. The second-order valence-electron chi connectivity index (χ2n) is 5.99. The van der Waals surface area contributed by atoms with Crippen molar-refractivity contribution in [3.05, 3.63) is 16.1 Å². The van der Waals surface area contributed by atoms with Crippen molar-refractivity contribution >= 4 is 27.3 Å². The van der Waals surface area contributed by atoms with Gasteiger partial charge in [0.15, 0.2) is 0 Å². The lowest BCUT2D eigenvalue weighted by molar-refractivity contribution is -0.0406. The van der Waals surface area contributed by atoms with Gasteiger partial charge in [0, 0.05) is 19.6 Å². The van der Waals surface area contributed by atoms with Crippen LogP contribution >= 0.6 is 11.3 Å². The van der Waals surface area contributed by atoms with Gasteiger partial charge in [-0.2, -0.15) is 4.31 Å². The van der Waals surface area contributed by atoms with Gasteiger partial charge in [-0.05, 0) is 19.8 Å². The van der Waals surface area contributed by atoms with Crippen molar-refractivity contribution in [3.63, 3.8) is 0 Å². The average Bonchev–Trinajstić information content (AvgIpc) is 2.80. The number of ether oxygens (including phenoxy) is 1. The molecule has 0 N–H and O–H groups in total. The van der Waals surface area contributed by atoms with Crippen LogP contribution in [0.4, 0.5) is 0 Å². The molecule has 3 rings (SSSR count). The first kappa shape index (κ1) is 16.8. The first-order chi connectivity index (χ1) is 10.9. The van der Waals surface area contributed by atoms with E-state index in [1.165, 1.54) is 21.9 Å². The van der Waals surface area contributed by atoms with E-state index in [4.69, 9.17) is 4.74 Å². The number of thiazole rings is 1. The van der Waals surface area contributed by atoms with Crippen LogP contribution < -0.4 is 0 Å². The molecule has 23 heavy (non-hydrogen) atoms. The number of carbonyl (C=O) groups excluding carboxylic acids is 1. The number of hydrogen-bond donors (Lipinski definition) is 0. The maximum atomic E-state index is 12.6. The van der Waals surface area contributed by atoms with Gasteiger partial charge in [0.2, 0.25) is 10.0 Å². The number of morpholine rings is 1. The molecule has 2 atom stereocenters. The number of aromatic nitrogens is 1. The summed E-state index contributed by atoms with van der Waals surface area (Å²) in [7, 11) is -3.26. The zero-order valence-corrected chi connectivity index (χ0v) is 14.9. The van der Waals surface area contributed by atoms with Crippen molar-refractivity contribution in [2.24, 2.45) is 0 Å². The molecule has 2 saturated heterocycles. The molecule has 0 unspecified atom stereocenters. The van der Waals surface area contributed by atoms with Gasteiger partial charge in [-0.1, -0.05) is 0 Å². The molecule has 0 saturated carbocycles. The summed E-state index contributed by atoms with van der Waals surface area (Å²) < 4.78 is 31.3. The van der Waals surface area contributed by atoms with E-state index < -0.39 is 10.0 Å². The van der Waals surface area contributed by atoms with E-state index in [9.17, 15) is 13.2 Å². The van der Waals surface area contributed by atoms with Crippen molar-refractivity contribution < 1.29 is 17.9 Å². The molecule has 9 heteroatoms. The van der Waals surface area contributed by atoms with Gasteiger partial charge >= 0.3 is 0 Å². The summed E-state index contributed by atoms with van der Waals surface area (Å²) in [5.74, 6) is -0.0189. The monoisotopic (exact) mass is 359 g/mol. The van der Waals surface area contributed by atoms with Crippen molar-refractivity contribution in [2.75, 3.05) is 32.5 Å². The smallest absolute Gasteiger partial charge is 0.265 e. The maximum Gasteiger partial charge on any atom is 0.265 e. The van der Waals surface area contributed by atoms with Crippen LogP contribution in [0, 0.1) is 6.92 Å². The molecule has 2 aliphatic heterocycles. The molecular formula is C14H21N3O4S2. The molecular weight excluding hydrogens is 338 g/mol. The van der Waals surface area contributed by atoms with E-state index in [0.717, 1.165) is 5.69 Å². The molecule has 128 valence electrons. The summed E-state index contributed by atoms with van der Waals surface area (Å²) in [6, 6.07) is -0.181. The van der Waals surface area contributed by atoms with Crippen LogP contribution in [0.2, 0.25) is 0 Å². The van der Waals surface area contributed by atoms with Gasteiger partial charge < -0.3 is 9.64 Å². The minimum atomic E-state index is -3.26. The van der Waals surface area contributed by atoms with Gasteiger partial charge in [0.05, 0.1) is 36.2 Å². The summed E-state index contributed by atoms with van der Waals surface area (Å²) in [5, 5.41) is 0. The second-order valence-corrected chi connectivity index (χ2v) is 8.78. The fraction of sp³-hybridized carbons (Fsp3) is 0.714. The van der Waals surface area contributed by atoms with Crippen LogP contribution in [0.1, 0.15) is 28.2 Å². The number of carbonyl (C=O) groups is 1. The minimum Gasteiger partial charge on any atom is -0.375 e. The highest BCUT2D eigenvalue weighted by Crippen LogP contribution is 2.27. The maximum absolute atomic E-state index is 12.6. The lowest BCUT2D eigenvalue weighted by atomic mass is 10.0. The number of sulfonamides is 1. The Kier molecular flexibility index (Phi) is 4.73. The fourth-order valence-electron chi connectivity index (χ4n) is 3.31. The number of rotatable bonds is 2. The number of aryl methyl sites for hydroxylation is 1. The molecule has 0 radical (unpaired) electrons. The molecule has 1 aromatic rings. The zero-order valence-electron chi connectivity index (χ0n) is 13.3. The van der Waals surface area contributed by atoms with Crippen molar-refractivity contribution in [2.45, 2.75) is 31.9 Å². The Labute approximate surface area is 140 Å². The summed E-state index contributed by atoms with van der Waals surface area (Å²) in [6.45, 7) is 3.75. The van der Waals surface area contributed by atoms with Gasteiger partial charge in [0.25, 0.3) is 5.91 Å². The van der Waals surface area contributed by atoms with Crippen LogP contribution in [0.15, 0.2) is 5.51 Å². The number of amides is 1. The van der Waals surface area contributed by atoms with Gasteiger partial charge in [0.1, 0.15) is 4.88 Å². The predicted molar refractivity (Wildman–Crippen MR) is 87.1 cm³/mol. The number of nitrogens with zero attached hydrogens (tertiary/aromatic N) is 3. The third-order valence-corrected chi connectivity index (χ3v) is 6.70. The van der Waals surface area contributed by atoms with Crippen LogP contribution in [0.5, 0.6) is 0 Å². The van der Waals surface area contributed by atoms with Crippen LogP contribution in [-0.4, -0.2) is 73.2 Å². The van der Waals surface area contributed by atoms with E-state index in [2.05, 4.69) is 4.98 Å². The topological polar surface area (TPSA) is 79.8 Å². The second kappa shape index (κ2) is 6.46. The SMILES string of the molecule is Cc1ncsc1C(=O)N1CC[C@@H]2[C@@H](CC1)OCCN2S(C)(=O)=O. The minimum absolute atomic E-state index is 0.0189. The van der Waals surface area contributed by atoms with Crippen LogP contribution in [0.3, 0.4) is 0 Å². The van der Waals surface area contributed by atoms with Gasteiger partial charge in [-0.15, -0.1) is 11.3 Å². The summed E-state index contributed by atoms with van der Waals surface area (Å²) >= 11 is 1.35. The third kappa shape index (κ3) is 3.42. The van der Waals surface area contributed by atoms with Crippen molar-refractivity contribution in [3.8, 4) is 0 Å². The molecule has 0 spiro atoms. The van der Waals surface area contributed by atoms with Crippen LogP contribution in [-0.2, 0) is 14.8 Å². The summed E-state index contributed by atoms with van der Waals surface area (Å²) in [4.78, 5) is 19.2. The fourth-order valence-corrected chi connectivity index (χ4v) is 5.22. The average molecular weight is 359 g/mol. The standard InChI is InChI=1S/C14H21N3O4S2/c1-10-13(22-9-15-10)14(18)16-5-3-11-12(4-6-16)21-8-7-17(11)23(2,19)20/h9,11-12H,3-8H2,1-2H3/t11-,12-/m1/s1. The molecule has 1 amide bonds.